The molecule has 1 unspecified atom stereocenters. The first-order valence-electron chi connectivity index (χ1n) is 16.3. The van der Waals surface area contributed by atoms with Crippen LogP contribution in [0.25, 0.3) is 27.5 Å². The van der Waals surface area contributed by atoms with Gasteiger partial charge in [-0.15, -0.1) is 0 Å². The highest BCUT2D eigenvalue weighted by Crippen LogP contribution is 2.43. The van der Waals surface area contributed by atoms with Crippen LogP contribution in [0.4, 0.5) is 11.4 Å². The summed E-state index contributed by atoms with van der Waals surface area (Å²) in [7, 11) is 0. The Kier molecular flexibility index (Phi) is 7.91. The zero-order chi connectivity index (χ0) is 32.5. The van der Waals surface area contributed by atoms with Gasteiger partial charge < -0.3 is 14.2 Å². The zero-order valence-corrected chi connectivity index (χ0v) is 27.4. The highest BCUT2D eigenvalue weighted by atomic mass is 16.3. The Morgan fingerprint density at radius 1 is 0.872 bits per heavy atom. The Morgan fingerprint density at radius 2 is 1.68 bits per heavy atom. The monoisotopic (exact) mass is 612 g/mol. The van der Waals surface area contributed by atoms with Crippen molar-refractivity contribution < 1.29 is 4.42 Å². The molecule has 3 aliphatic rings. The van der Waals surface area contributed by atoms with E-state index in [2.05, 4.69) is 165 Å². The lowest BCUT2D eigenvalue weighted by molar-refractivity contribution is 0.533. The van der Waals surface area contributed by atoms with Crippen LogP contribution in [0, 0.1) is 0 Å². The third-order valence-corrected chi connectivity index (χ3v) is 9.42. The summed E-state index contributed by atoms with van der Waals surface area (Å²) in [4.78, 5) is 4.51. The van der Waals surface area contributed by atoms with Gasteiger partial charge in [0.1, 0.15) is 11.2 Å². The van der Waals surface area contributed by atoms with Crippen molar-refractivity contribution in [1.29, 1.82) is 0 Å². The molecule has 3 heteroatoms. The maximum atomic E-state index is 6.44. The molecule has 1 atom stereocenters. The average Bonchev–Trinajstić information content (AvgIpc) is 3.48. The van der Waals surface area contributed by atoms with Crippen molar-refractivity contribution in [2.75, 3.05) is 4.90 Å². The fraction of sp³-hybridized carbons (Fsp3) is 0.136. The predicted molar refractivity (Wildman–Crippen MR) is 200 cm³/mol. The van der Waals surface area contributed by atoms with Gasteiger partial charge in [0.15, 0.2) is 0 Å². The number of benzene rings is 3. The van der Waals surface area contributed by atoms with E-state index in [-0.39, 0.29) is 5.41 Å². The van der Waals surface area contributed by atoms with Gasteiger partial charge in [-0.25, -0.2) is 0 Å². The van der Waals surface area contributed by atoms with Crippen molar-refractivity contribution in [3.05, 3.63) is 187 Å². The third-order valence-electron chi connectivity index (χ3n) is 9.42. The van der Waals surface area contributed by atoms with Crippen LogP contribution in [0.5, 0.6) is 0 Å². The summed E-state index contributed by atoms with van der Waals surface area (Å²) in [6.45, 7) is 15.4. The molecule has 47 heavy (non-hydrogen) atoms. The number of hydrogen-bond acceptors (Lipinski definition) is 3. The van der Waals surface area contributed by atoms with Gasteiger partial charge in [0.05, 0.1) is 5.69 Å². The van der Waals surface area contributed by atoms with E-state index in [1.54, 1.807) is 0 Å². The largest absolute Gasteiger partial charge is 0.455 e. The molecule has 3 nitrogen and oxygen atoms in total. The van der Waals surface area contributed by atoms with Crippen molar-refractivity contribution in [3.8, 4) is 0 Å². The maximum Gasteiger partial charge on any atom is 0.145 e. The molecule has 3 aromatic carbocycles. The smallest absolute Gasteiger partial charge is 0.145 e. The van der Waals surface area contributed by atoms with Crippen molar-refractivity contribution in [3.63, 3.8) is 0 Å². The molecule has 1 aliphatic carbocycles. The fourth-order valence-electron chi connectivity index (χ4n) is 6.78. The zero-order valence-electron chi connectivity index (χ0n) is 27.4. The molecule has 0 amide bonds. The molecule has 0 bridgehead atoms. The normalized spacial score (nSPS) is 24.4. The van der Waals surface area contributed by atoms with Crippen molar-refractivity contribution in [2.45, 2.75) is 39.0 Å². The minimum atomic E-state index is -0.138. The Labute approximate surface area is 278 Å². The number of furan rings is 1. The molecule has 0 saturated heterocycles. The second-order valence-electron chi connectivity index (χ2n) is 12.6. The average molecular weight is 613 g/mol. The van der Waals surface area contributed by atoms with Gasteiger partial charge in [-0.2, -0.15) is 0 Å². The summed E-state index contributed by atoms with van der Waals surface area (Å²) in [6, 6.07) is 21.5. The van der Waals surface area contributed by atoms with E-state index in [1.807, 2.05) is 18.2 Å². The molecule has 4 aromatic rings. The van der Waals surface area contributed by atoms with E-state index >= 15 is 0 Å². The molecule has 1 aromatic heterocycles. The minimum Gasteiger partial charge on any atom is -0.455 e. The third kappa shape index (κ3) is 5.48. The molecule has 2 aliphatic heterocycles. The first kappa shape index (κ1) is 30.1. The molecule has 0 N–H and O–H groups in total. The lowest BCUT2D eigenvalue weighted by atomic mass is 9.76. The van der Waals surface area contributed by atoms with Gasteiger partial charge >= 0.3 is 0 Å². The van der Waals surface area contributed by atoms with Crippen molar-refractivity contribution >= 4 is 38.9 Å². The van der Waals surface area contributed by atoms with E-state index < -0.39 is 0 Å². The van der Waals surface area contributed by atoms with E-state index in [1.165, 1.54) is 16.8 Å². The minimum absolute atomic E-state index is 0.138. The molecular formula is C44H40N2O. The lowest BCUT2D eigenvalue weighted by Gasteiger charge is -2.35. The maximum absolute atomic E-state index is 6.44. The van der Waals surface area contributed by atoms with E-state index in [9.17, 15) is 0 Å². The second kappa shape index (κ2) is 12.3. The van der Waals surface area contributed by atoms with Crippen molar-refractivity contribution in [2.24, 2.45) is 0 Å². The number of anilines is 2. The summed E-state index contributed by atoms with van der Waals surface area (Å²) in [5.74, 6) is 0. The fourth-order valence-corrected chi connectivity index (χ4v) is 6.78. The highest BCUT2D eigenvalue weighted by Gasteiger charge is 2.28. The van der Waals surface area contributed by atoms with Crippen LogP contribution in [-0.4, -0.2) is 4.90 Å². The van der Waals surface area contributed by atoms with Crippen LogP contribution in [0.3, 0.4) is 0 Å². The van der Waals surface area contributed by atoms with Gasteiger partial charge in [-0.3, -0.25) is 0 Å². The Hall–Kier alpha value is -5.54. The second-order valence-corrected chi connectivity index (χ2v) is 12.6. The number of nitrogens with zero attached hydrogens (tertiary/aromatic N) is 2. The van der Waals surface area contributed by atoms with Gasteiger partial charge in [0, 0.05) is 50.7 Å². The van der Waals surface area contributed by atoms with E-state index in [0.717, 1.165) is 68.7 Å². The van der Waals surface area contributed by atoms with Crippen LogP contribution in [-0.2, 0) is 5.41 Å². The van der Waals surface area contributed by atoms with E-state index in [4.69, 9.17) is 4.42 Å². The number of fused-ring (bicyclic) bond motifs is 5. The quantitative estimate of drug-likeness (QED) is 0.229. The van der Waals surface area contributed by atoms with Gasteiger partial charge in [0.25, 0.3) is 0 Å². The molecule has 3 heterocycles. The lowest BCUT2D eigenvalue weighted by Crippen LogP contribution is -2.26. The first-order valence-corrected chi connectivity index (χ1v) is 16.3. The topological polar surface area (TPSA) is 19.6 Å². The number of para-hydroxylation sites is 1. The molecule has 0 saturated carbocycles. The predicted octanol–water partition coefficient (Wildman–Crippen LogP) is 12.1. The standard InChI is InChI=1S/C44H40N2O/c1-6-14-39-31(2)15-8-7-9-17-33(4)46(39)36-26-28-44(5,29-27-36)34-20-22-35(23-21-34)45-30-13-12-16-32(3)42-40(45)25-24-38-37-18-10-11-19-41(37)47-43(38)42/h6-14,16-28,30H,3-4,15,29H2,1-2,5H3/b8-7-,14-6-,16-12-,17-9-,30-13-,39-31-. The number of hydrogen-bond donors (Lipinski definition) is 0. The molecule has 0 spiro atoms. The van der Waals surface area contributed by atoms with Gasteiger partial charge in [-0.1, -0.05) is 99.0 Å². The Bertz CT molecular complexity index is 2160. The summed E-state index contributed by atoms with van der Waals surface area (Å²) in [5, 5.41) is 2.22. The molecule has 232 valence electrons. The van der Waals surface area contributed by atoms with Gasteiger partial charge in [-0.05, 0) is 98.0 Å². The molecule has 7 rings (SSSR count). The molecule has 0 fully saturated rings. The summed E-state index contributed by atoms with van der Waals surface area (Å²) < 4.78 is 6.44. The van der Waals surface area contributed by atoms with Crippen LogP contribution in [0.2, 0.25) is 0 Å². The highest BCUT2D eigenvalue weighted by molar-refractivity contribution is 6.11. The van der Waals surface area contributed by atoms with Gasteiger partial charge in [0.2, 0.25) is 0 Å². The van der Waals surface area contributed by atoms with Crippen molar-refractivity contribution in [1.82, 2.24) is 4.90 Å². The molecular weight excluding hydrogens is 572 g/mol. The Morgan fingerprint density at radius 3 is 2.47 bits per heavy atom. The van der Waals surface area contributed by atoms with Crippen LogP contribution < -0.4 is 4.90 Å². The number of rotatable bonds is 4. The first-order chi connectivity index (χ1) is 22.9. The van der Waals surface area contributed by atoms with Crippen LogP contribution >= 0.6 is 0 Å². The van der Waals surface area contributed by atoms with Crippen LogP contribution in [0.1, 0.15) is 44.7 Å². The molecule has 0 radical (unpaired) electrons. The Balaban J connectivity index is 1.21. The van der Waals surface area contributed by atoms with Crippen LogP contribution in [0.15, 0.2) is 180 Å². The summed E-state index contributed by atoms with van der Waals surface area (Å²) in [5.41, 5.74) is 11.5. The van der Waals surface area contributed by atoms with E-state index in [0.29, 0.717) is 0 Å². The summed E-state index contributed by atoms with van der Waals surface area (Å²) >= 11 is 0. The SMILES string of the molecule is C=C1/C=C\C=C/N(c2ccc(C3(C)C=CC(N4C(=C)/C=C\C=C/C/C(C)=C4/C=C\C)=CC3)cc2)c2ccc3c(oc4ccccc43)c21. The summed E-state index contributed by atoms with van der Waals surface area (Å²) in [6.07, 6.45) is 29.8. The number of allylic oxidation sites excluding steroid dienone is 14.